The summed E-state index contributed by atoms with van der Waals surface area (Å²) in [6.45, 7) is 15.4. The van der Waals surface area contributed by atoms with Crippen LogP contribution in [0, 0.1) is 12.7 Å². The van der Waals surface area contributed by atoms with Crippen LogP contribution >= 0.6 is 0 Å². The van der Waals surface area contributed by atoms with Crippen LogP contribution in [0.5, 0.6) is 0 Å². The van der Waals surface area contributed by atoms with Gasteiger partial charge in [0.2, 0.25) is 5.95 Å². The molecule has 0 atom stereocenters. The van der Waals surface area contributed by atoms with E-state index in [0.717, 1.165) is 213 Å². The largest absolute Gasteiger partial charge is 0.378 e. The van der Waals surface area contributed by atoms with Gasteiger partial charge in [-0.3, -0.25) is 29.1 Å². The molecule has 694 valence electrons. The van der Waals surface area contributed by atoms with Crippen molar-refractivity contribution in [2.75, 3.05) is 135 Å². The zero-order chi connectivity index (χ0) is 94.6. The highest BCUT2D eigenvalue weighted by Crippen LogP contribution is 2.30. The van der Waals surface area contributed by atoms with Crippen molar-refractivity contribution in [1.29, 1.82) is 0 Å². The Hall–Kier alpha value is -16.0. The summed E-state index contributed by atoms with van der Waals surface area (Å²) in [6, 6.07) is 83.1. The molecular weight excluding hydrogens is 1730 g/mol. The zero-order valence-electron chi connectivity index (χ0n) is 76.8. The molecule has 1 amide bonds. The number of carbonyl (C=O) groups is 4. The van der Waals surface area contributed by atoms with Crippen molar-refractivity contribution in [3.8, 4) is 45.0 Å². The molecule has 0 saturated carbocycles. The number of hydrogen-bond donors (Lipinski definition) is 2. The van der Waals surface area contributed by atoms with Gasteiger partial charge in [0.15, 0.2) is 23.2 Å². The van der Waals surface area contributed by atoms with Crippen LogP contribution in [0.2, 0.25) is 0 Å². The molecule has 138 heavy (non-hydrogen) atoms. The Kier molecular flexibility index (Phi) is 31.8. The number of carbonyl (C=O) groups excluding carboxylic acids is 4. The summed E-state index contributed by atoms with van der Waals surface area (Å²) in [5, 5.41) is 13.7. The first-order chi connectivity index (χ1) is 67.7. The number of morpholine rings is 4. The third-order valence-electron chi connectivity index (χ3n) is 24.0. The molecule has 8 aromatic heterocycles. The van der Waals surface area contributed by atoms with Gasteiger partial charge in [0.25, 0.3) is 5.91 Å². The normalized spacial score (nSPS) is 13.6. The zero-order valence-corrected chi connectivity index (χ0v) is 76.8. The lowest BCUT2D eigenvalue weighted by atomic mass is 10.0. The van der Waals surface area contributed by atoms with Crippen LogP contribution in [0.15, 0.2) is 317 Å². The van der Waals surface area contributed by atoms with Gasteiger partial charge in [-0.2, -0.15) is 10.2 Å². The maximum Gasteiger partial charge on any atom is 0.257 e. The Morgan fingerprint density at radius 2 is 0.739 bits per heavy atom. The number of aryl methyl sites for hydroxylation is 2. The first-order valence-electron chi connectivity index (χ1n) is 46.1. The van der Waals surface area contributed by atoms with Crippen molar-refractivity contribution in [2.24, 2.45) is 7.05 Å². The molecule has 4 fully saturated rings. The highest BCUT2D eigenvalue weighted by molar-refractivity contribution is 6.04. The second-order valence-corrected chi connectivity index (χ2v) is 33.5. The molecule has 8 aromatic carbocycles. The van der Waals surface area contributed by atoms with Crippen molar-refractivity contribution in [3.63, 3.8) is 0 Å². The number of hydrogen-bond acceptors (Lipinski definition) is 25. The fourth-order valence-corrected chi connectivity index (χ4v) is 16.3. The molecule has 4 aliphatic rings. The third-order valence-corrected chi connectivity index (χ3v) is 24.0. The van der Waals surface area contributed by atoms with Gasteiger partial charge in [-0.25, -0.2) is 44.3 Å². The van der Waals surface area contributed by atoms with E-state index < -0.39 is 5.82 Å². The van der Waals surface area contributed by atoms with Crippen LogP contribution in [0.1, 0.15) is 98.1 Å². The number of ether oxygens (including phenoxy) is 4. The number of aromatic nitrogens is 13. The number of pyridine rings is 2. The van der Waals surface area contributed by atoms with Gasteiger partial charge < -0.3 is 53.7 Å². The topological polar surface area (TPSA) is 302 Å². The minimum atomic E-state index is -0.599. The number of rotatable bonds is 27. The molecule has 20 rings (SSSR count). The first-order valence-corrected chi connectivity index (χ1v) is 46.1. The predicted octanol–water partition coefficient (Wildman–Crippen LogP) is 17.3. The van der Waals surface area contributed by atoms with Crippen molar-refractivity contribution in [3.05, 3.63) is 402 Å². The van der Waals surface area contributed by atoms with Gasteiger partial charge >= 0.3 is 0 Å². The Labute approximate surface area is 800 Å². The van der Waals surface area contributed by atoms with Gasteiger partial charge in [-0.1, -0.05) is 121 Å². The lowest BCUT2D eigenvalue weighted by Gasteiger charge is -2.28. The van der Waals surface area contributed by atoms with Crippen LogP contribution in [0.3, 0.4) is 0 Å². The summed E-state index contributed by atoms with van der Waals surface area (Å²) in [5.41, 5.74) is 22.7. The van der Waals surface area contributed by atoms with Crippen molar-refractivity contribution >= 4 is 63.3 Å². The number of amides is 1. The minimum absolute atomic E-state index is 0.0200. The average Bonchev–Trinajstić information content (AvgIpc) is 1.50. The van der Waals surface area contributed by atoms with E-state index >= 15 is 0 Å². The molecule has 28 heteroatoms. The van der Waals surface area contributed by atoms with Crippen LogP contribution in [-0.2, 0) is 64.5 Å². The molecule has 12 heterocycles. The molecule has 0 aliphatic carbocycles. The number of Topliss-reactive ketones (excluding diaryl/α,β-unsaturated/α-hetero) is 3. The van der Waals surface area contributed by atoms with Gasteiger partial charge in [0.05, 0.1) is 111 Å². The third kappa shape index (κ3) is 26.1. The molecule has 0 unspecified atom stereocenters. The van der Waals surface area contributed by atoms with E-state index in [1.165, 1.54) is 58.5 Å². The number of benzene rings is 8. The number of halogens is 1. The van der Waals surface area contributed by atoms with Gasteiger partial charge in [0, 0.05) is 209 Å². The molecule has 0 radical (unpaired) electrons. The van der Waals surface area contributed by atoms with Crippen molar-refractivity contribution in [1.82, 2.24) is 64.6 Å². The monoisotopic (exact) mass is 1840 g/mol. The standard InChI is InChI=1S/C28H25FN4O2.C28H28N4O2.C27H26N6O2.C27H25N5O2/c29-25-19-30-11-9-24(25)27(34)17-20-1-5-22(6-2-20)26-10-12-31-28(32-26)18-21-3-7-23(8-4-21)33-13-15-35-16-14-33;1-31-14-2-3-26(31)27(33)19-21-4-8-23(9-5-21)25-12-13-29-28(30-25)20-22-6-10-24(11-7-22)32-15-17-34-18-16-32;1-19-2-3-21(18-29-19)26(34)30-22-6-4-20(5-7-22)25-12-13-28-27(32-25)31-23-8-10-24(11-9-23)33-14-16-35-17-15-33;33-26(23-9-12-29-30-19-23)17-20-1-5-22(6-2-20)25-10-11-28-27(31-25)18-21-3-7-24(8-4-21)32-13-15-34-16-14-32/h1-12,19H,13-18H2;2-14H,15-20H2,1H3;2-13,18H,14-17H2,1H3,(H,30,34)(H,28,31,32);1-12,19H,13-18H2. The second-order valence-electron chi connectivity index (χ2n) is 33.5. The molecule has 2 N–H and O–H groups in total. The summed E-state index contributed by atoms with van der Waals surface area (Å²) in [7, 11) is 1.89. The van der Waals surface area contributed by atoms with Gasteiger partial charge in [0.1, 0.15) is 17.5 Å². The summed E-state index contributed by atoms with van der Waals surface area (Å²) >= 11 is 0. The van der Waals surface area contributed by atoms with E-state index in [1.807, 2.05) is 183 Å². The number of ketones is 3. The lowest BCUT2D eigenvalue weighted by molar-refractivity contribution is 0.0978. The van der Waals surface area contributed by atoms with Crippen LogP contribution in [-0.4, -0.2) is 193 Å². The van der Waals surface area contributed by atoms with Gasteiger partial charge in [-0.05, 0) is 174 Å². The predicted molar refractivity (Wildman–Crippen MR) is 532 cm³/mol. The fraction of sp³-hybridized carbons (Fsp3) is 0.218. The highest BCUT2D eigenvalue weighted by atomic mass is 19.1. The minimum Gasteiger partial charge on any atom is -0.378 e. The Bertz CT molecular complexity index is 6710. The molecule has 27 nitrogen and oxygen atoms in total. The fourth-order valence-electron chi connectivity index (χ4n) is 16.3. The Balaban J connectivity index is 0.000000127. The summed E-state index contributed by atoms with van der Waals surface area (Å²) in [4.78, 5) is 104. The van der Waals surface area contributed by atoms with E-state index in [-0.39, 0.29) is 35.2 Å². The number of nitrogens with zero attached hydrogens (tertiary/aromatic N) is 17. The van der Waals surface area contributed by atoms with E-state index in [4.69, 9.17) is 33.9 Å². The van der Waals surface area contributed by atoms with Crippen molar-refractivity contribution in [2.45, 2.75) is 45.4 Å². The Morgan fingerprint density at radius 1 is 0.348 bits per heavy atom. The molecule has 4 aliphatic heterocycles. The first kappa shape index (κ1) is 93.8. The maximum atomic E-state index is 13.8. The number of anilines is 7. The van der Waals surface area contributed by atoms with E-state index in [0.29, 0.717) is 54.9 Å². The second kappa shape index (κ2) is 46.8. The quantitative estimate of drug-likeness (QED) is 0.0452. The molecular formula is C110H104FN19O8. The van der Waals surface area contributed by atoms with E-state index in [2.05, 4.69) is 160 Å². The van der Waals surface area contributed by atoms with Crippen LogP contribution in [0.4, 0.5) is 44.5 Å². The summed E-state index contributed by atoms with van der Waals surface area (Å²) in [6.07, 6.45) is 18.9. The molecule has 0 spiro atoms. The molecule has 4 saturated heterocycles. The number of nitrogens with one attached hydrogen (secondary N) is 2. The Morgan fingerprint density at radius 3 is 1.14 bits per heavy atom. The van der Waals surface area contributed by atoms with E-state index in [1.54, 1.807) is 36.9 Å². The average molecular weight is 1840 g/mol. The van der Waals surface area contributed by atoms with E-state index in [9.17, 15) is 23.6 Å². The highest BCUT2D eigenvalue weighted by Gasteiger charge is 2.21. The van der Waals surface area contributed by atoms with Gasteiger partial charge in [-0.15, -0.1) is 0 Å². The lowest BCUT2D eigenvalue weighted by Crippen LogP contribution is -2.36. The SMILES string of the molecule is Cc1ccc(C(=O)Nc2ccc(-c3ccnc(Nc4ccc(N5CCOCC5)cc4)n3)cc2)cn1.Cn1cccc1C(=O)Cc1ccc(-c2ccnc(Cc3ccc(N4CCOCC4)cc3)n2)cc1.O=C(Cc1ccc(-c2ccnc(Cc3ccc(N4CCOCC4)cc3)n2)cc1)c1ccncc1F.O=C(Cc1ccc(-c2ccnc(Cc3ccc(N4CCOCC4)cc3)n2)cc1)c1ccnnc1. The van der Waals surface area contributed by atoms with Crippen molar-refractivity contribution < 1.29 is 42.5 Å². The van der Waals surface area contributed by atoms with Crippen LogP contribution in [0.25, 0.3) is 45.0 Å². The smallest absolute Gasteiger partial charge is 0.257 e. The molecule has 0 bridgehead atoms. The maximum absolute atomic E-state index is 13.8. The van der Waals surface area contributed by atoms with Crippen LogP contribution < -0.4 is 30.2 Å². The summed E-state index contributed by atoms with van der Waals surface area (Å²) in [5.74, 6) is 1.90. The molecule has 16 aromatic rings. The summed E-state index contributed by atoms with van der Waals surface area (Å²) < 4.78 is 37.4.